The van der Waals surface area contributed by atoms with Gasteiger partial charge in [-0.25, -0.2) is 4.68 Å². The van der Waals surface area contributed by atoms with Crippen LogP contribution in [0.1, 0.15) is 5.69 Å². The average Bonchev–Trinajstić information content (AvgIpc) is 2.77. The summed E-state index contributed by atoms with van der Waals surface area (Å²) in [5.74, 6) is 0. The molecular formula is C10H9N3O3. The number of nitro groups is 1. The third kappa shape index (κ3) is 1.91. The van der Waals surface area contributed by atoms with Crippen molar-refractivity contribution in [3.8, 4) is 5.69 Å². The number of hydrogen-bond donors (Lipinski definition) is 1. The monoisotopic (exact) mass is 219 g/mol. The normalized spacial score (nSPS) is 10.3. The van der Waals surface area contributed by atoms with E-state index in [9.17, 15) is 10.1 Å². The van der Waals surface area contributed by atoms with Gasteiger partial charge in [-0.05, 0) is 12.1 Å². The summed E-state index contributed by atoms with van der Waals surface area (Å²) >= 11 is 0. The minimum Gasteiger partial charge on any atom is -0.390 e. The summed E-state index contributed by atoms with van der Waals surface area (Å²) in [4.78, 5) is 10.1. The van der Waals surface area contributed by atoms with Gasteiger partial charge in [0.1, 0.15) is 0 Å². The van der Waals surface area contributed by atoms with Gasteiger partial charge >= 0.3 is 0 Å². The zero-order chi connectivity index (χ0) is 11.5. The molecule has 0 saturated heterocycles. The van der Waals surface area contributed by atoms with E-state index in [1.54, 1.807) is 24.4 Å². The maximum absolute atomic E-state index is 10.6. The minimum atomic E-state index is -0.458. The summed E-state index contributed by atoms with van der Waals surface area (Å²) in [5, 5.41) is 23.5. The van der Waals surface area contributed by atoms with Gasteiger partial charge in [-0.1, -0.05) is 6.07 Å². The average molecular weight is 219 g/mol. The molecule has 0 radical (unpaired) electrons. The van der Waals surface area contributed by atoms with E-state index in [0.29, 0.717) is 11.4 Å². The number of aromatic nitrogens is 2. The first-order valence-electron chi connectivity index (χ1n) is 4.61. The van der Waals surface area contributed by atoms with Gasteiger partial charge in [-0.2, -0.15) is 5.10 Å². The Morgan fingerprint density at radius 2 is 2.25 bits per heavy atom. The smallest absolute Gasteiger partial charge is 0.271 e. The topological polar surface area (TPSA) is 81.2 Å². The molecule has 2 aromatic rings. The molecule has 0 atom stereocenters. The van der Waals surface area contributed by atoms with Crippen LogP contribution in [0.4, 0.5) is 5.69 Å². The van der Waals surface area contributed by atoms with E-state index >= 15 is 0 Å². The van der Waals surface area contributed by atoms with Crippen molar-refractivity contribution in [1.82, 2.24) is 9.78 Å². The van der Waals surface area contributed by atoms with Gasteiger partial charge in [0.2, 0.25) is 0 Å². The zero-order valence-corrected chi connectivity index (χ0v) is 8.28. The molecule has 0 saturated carbocycles. The van der Waals surface area contributed by atoms with E-state index in [1.165, 1.54) is 16.8 Å². The van der Waals surface area contributed by atoms with Crippen molar-refractivity contribution in [3.05, 3.63) is 52.3 Å². The Balaban J connectivity index is 2.40. The summed E-state index contributed by atoms with van der Waals surface area (Å²) in [6, 6.07) is 7.79. The second kappa shape index (κ2) is 4.11. The van der Waals surface area contributed by atoms with Gasteiger partial charge in [-0.3, -0.25) is 10.1 Å². The molecule has 0 aliphatic rings. The van der Waals surface area contributed by atoms with Crippen LogP contribution in [0.25, 0.3) is 5.69 Å². The van der Waals surface area contributed by atoms with Gasteiger partial charge in [0.05, 0.1) is 22.9 Å². The van der Waals surface area contributed by atoms with E-state index in [-0.39, 0.29) is 12.3 Å². The fourth-order valence-electron chi connectivity index (χ4n) is 1.34. The van der Waals surface area contributed by atoms with E-state index in [1.807, 2.05) is 0 Å². The quantitative estimate of drug-likeness (QED) is 0.622. The first kappa shape index (κ1) is 10.3. The highest BCUT2D eigenvalue weighted by Gasteiger charge is 2.07. The van der Waals surface area contributed by atoms with Crippen LogP contribution in [0.3, 0.4) is 0 Å². The minimum absolute atomic E-state index is 0.0125. The molecule has 0 aliphatic carbocycles. The molecule has 6 nitrogen and oxygen atoms in total. The summed E-state index contributed by atoms with van der Waals surface area (Å²) in [6.07, 6.45) is 1.64. The Bertz CT molecular complexity index is 522. The van der Waals surface area contributed by atoms with Crippen molar-refractivity contribution < 1.29 is 10.0 Å². The van der Waals surface area contributed by atoms with Crippen molar-refractivity contribution in [3.63, 3.8) is 0 Å². The Morgan fingerprint density at radius 3 is 2.88 bits per heavy atom. The van der Waals surface area contributed by atoms with E-state index in [0.717, 1.165) is 0 Å². The molecular weight excluding hydrogens is 210 g/mol. The molecule has 1 N–H and O–H groups in total. The van der Waals surface area contributed by atoms with Gasteiger partial charge in [-0.15, -0.1) is 0 Å². The maximum atomic E-state index is 10.6. The van der Waals surface area contributed by atoms with Crippen LogP contribution < -0.4 is 0 Å². The predicted molar refractivity (Wildman–Crippen MR) is 56.1 cm³/mol. The number of hydrogen-bond acceptors (Lipinski definition) is 4. The molecule has 16 heavy (non-hydrogen) atoms. The first-order chi connectivity index (χ1) is 7.70. The van der Waals surface area contributed by atoms with Crippen molar-refractivity contribution >= 4 is 5.69 Å². The van der Waals surface area contributed by atoms with Crippen molar-refractivity contribution in [2.75, 3.05) is 0 Å². The fourth-order valence-corrected chi connectivity index (χ4v) is 1.34. The van der Waals surface area contributed by atoms with Crippen molar-refractivity contribution in [2.24, 2.45) is 0 Å². The molecule has 6 heteroatoms. The molecule has 2 rings (SSSR count). The van der Waals surface area contributed by atoms with E-state index < -0.39 is 4.92 Å². The summed E-state index contributed by atoms with van der Waals surface area (Å²) in [7, 11) is 0. The number of nitrogens with zero attached hydrogens (tertiary/aromatic N) is 3. The number of benzene rings is 1. The van der Waals surface area contributed by atoms with E-state index in [4.69, 9.17) is 5.11 Å². The number of rotatable bonds is 3. The van der Waals surface area contributed by atoms with Gasteiger partial charge in [0.15, 0.2) is 0 Å². The van der Waals surface area contributed by atoms with Crippen LogP contribution in [0.15, 0.2) is 36.5 Å². The molecule has 0 unspecified atom stereocenters. The van der Waals surface area contributed by atoms with Crippen LogP contribution in [-0.4, -0.2) is 19.8 Å². The number of non-ortho nitro benzene ring substituents is 1. The highest BCUT2D eigenvalue weighted by molar-refractivity contribution is 5.42. The largest absolute Gasteiger partial charge is 0.390 e. The van der Waals surface area contributed by atoms with Crippen LogP contribution in [0.2, 0.25) is 0 Å². The van der Waals surface area contributed by atoms with Gasteiger partial charge in [0.25, 0.3) is 5.69 Å². The molecule has 0 spiro atoms. The van der Waals surface area contributed by atoms with Gasteiger partial charge in [0, 0.05) is 18.3 Å². The molecule has 1 aromatic heterocycles. The molecule has 0 amide bonds. The molecule has 0 fully saturated rings. The first-order valence-corrected chi connectivity index (χ1v) is 4.61. The lowest BCUT2D eigenvalue weighted by atomic mass is 10.3. The van der Waals surface area contributed by atoms with Crippen molar-refractivity contribution in [2.45, 2.75) is 6.61 Å². The summed E-state index contributed by atoms with van der Waals surface area (Å²) in [5.41, 5.74) is 1.12. The predicted octanol–water partition coefficient (Wildman–Crippen LogP) is 1.27. The molecule has 1 heterocycles. The van der Waals surface area contributed by atoms with Crippen LogP contribution in [-0.2, 0) is 6.61 Å². The van der Waals surface area contributed by atoms with Crippen LogP contribution >= 0.6 is 0 Å². The second-order valence-electron chi connectivity index (χ2n) is 3.19. The Labute approximate surface area is 90.9 Å². The lowest BCUT2D eigenvalue weighted by Gasteiger charge is -2.00. The number of nitro benzene ring substituents is 1. The fraction of sp³-hybridized carbons (Fsp3) is 0.100. The summed E-state index contributed by atoms with van der Waals surface area (Å²) < 4.78 is 1.48. The van der Waals surface area contributed by atoms with Crippen LogP contribution in [0, 0.1) is 10.1 Å². The number of aliphatic hydroxyl groups is 1. The van der Waals surface area contributed by atoms with Crippen LogP contribution in [0.5, 0.6) is 0 Å². The maximum Gasteiger partial charge on any atom is 0.271 e. The highest BCUT2D eigenvalue weighted by Crippen LogP contribution is 2.16. The lowest BCUT2D eigenvalue weighted by Crippen LogP contribution is -1.97. The molecule has 1 aromatic carbocycles. The number of aliphatic hydroxyl groups excluding tert-OH is 1. The molecule has 0 aliphatic heterocycles. The SMILES string of the molecule is O=[N+]([O-])c1cccc(-n2ccc(CO)n2)c1. The third-order valence-electron chi connectivity index (χ3n) is 2.11. The summed E-state index contributed by atoms with van der Waals surface area (Å²) in [6.45, 7) is -0.151. The second-order valence-corrected chi connectivity index (χ2v) is 3.19. The Kier molecular flexibility index (Phi) is 2.65. The molecule has 82 valence electrons. The lowest BCUT2D eigenvalue weighted by molar-refractivity contribution is -0.384. The highest BCUT2D eigenvalue weighted by atomic mass is 16.6. The van der Waals surface area contributed by atoms with Gasteiger partial charge < -0.3 is 5.11 Å². The Hall–Kier alpha value is -2.21. The third-order valence-corrected chi connectivity index (χ3v) is 2.11. The van der Waals surface area contributed by atoms with E-state index in [2.05, 4.69) is 5.10 Å². The zero-order valence-electron chi connectivity index (χ0n) is 8.28. The molecule has 0 bridgehead atoms. The Morgan fingerprint density at radius 1 is 1.44 bits per heavy atom. The standard InChI is InChI=1S/C10H9N3O3/c14-7-8-4-5-12(11-8)9-2-1-3-10(6-9)13(15)16/h1-6,14H,7H2. The van der Waals surface area contributed by atoms with Crippen molar-refractivity contribution in [1.29, 1.82) is 0 Å².